The zero-order valence-corrected chi connectivity index (χ0v) is 10.8. The van der Waals surface area contributed by atoms with Gasteiger partial charge in [0.25, 0.3) is 0 Å². The molecule has 1 aromatic carbocycles. The summed E-state index contributed by atoms with van der Waals surface area (Å²) in [4.78, 5) is 2.19. The first kappa shape index (κ1) is 12.6. The average molecular weight is 233 g/mol. The third-order valence-corrected chi connectivity index (χ3v) is 3.66. The van der Waals surface area contributed by atoms with E-state index in [1.165, 1.54) is 37.7 Å². The molecule has 0 aliphatic heterocycles. The lowest BCUT2D eigenvalue weighted by molar-refractivity contribution is 0.217. The lowest BCUT2D eigenvalue weighted by Gasteiger charge is -2.19. The van der Waals surface area contributed by atoms with Crippen molar-refractivity contribution in [2.75, 3.05) is 20.2 Å². The smallest absolute Gasteiger partial charge is 0.0558 e. The summed E-state index contributed by atoms with van der Waals surface area (Å²) < 4.78 is 0. The highest BCUT2D eigenvalue weighted by atomic mass is 16.3. The molecule has 0 bridgehead atoms. The lowest BCUT2D eigenvalue weighted by Crippen LogP contribution is -2.22. The van der Waals surface area contributed by atoms with Crippen LogP contribution in [0.1, 0.15) is 36.0 Å². The number of benzene rings is 1. The van der Waals surface area contributed by atoms with Gasteiger partial charge in [-0.3, -0.25) is 4.90 Å². The molecule has 0 radical (unpaired) electrons. The zero-order valence-electron chi connectivity index (χ0n) is 10.8. The van der Waals surface area contributed by atoms with Crippen LogP contribution in [0.2, 0.25) is 0 Å². The summed E-state index contributed by atoms with van der Waals surface area (Å²) in [5.41, 5.74) is 4.59. The van der Waals surface area contributed by atoms with Crippen molar-refractivity contribution in [1.82, 2.24) is 4.90 Å². The van der Waals surface area contributed by atoms with Crippen LogP contribution in [0.5, 0.6) is 0 Å². The first-order valence-corrected chi connectivity index (χ1v) is 6.70. The molecule has 17 heavy (non-hydrogen) atoms. The van der Waals surface area contributed by atoms with Gasteiger partial charge in [0, 0.05) is 13.1 Å². The summed E-state index contributed by atoms with van der Waals surface area (Å²) in [7, 11) is 2.08. The molecule has 0 spiro atoms. The van der Waals surface area contributed by atoms with Crippen LogP contribution >= 0.6 is 0 Å². The number of nitrogens with zero attached hydrogens (tertiary/aromatic N) is 1. The fourth-order valence-electron chi connectivity index (χ4n) is 2.73. The molecule has 2 rings (SSSR count). The minimum absolute atomic E-state index is 0.242. The van der Waals surface area contributed by atoms with Gasteiger partial charge in [-0.2, -0.15) is 0 Å². The first-order chi connectivity index (χ1) is 8.31. The standard InChI is InChI=1S/C15H23NO/c1-16(10-11-17)12-14-8-5-7-13-6-3-2-4-9-15(13)14/h5,7-8,17H,2-4,6,9-12H2,1H3. The fraction of sp³-hybridized carbons (Fsp3) is 0.600. The van der Waals surface area contributed by atoms with Crippen LogP contribution in [0.15, 0.2) is 18.2 Å². The first-order valence-electron chi connectivity index (χ1n) is 6.70. The monoisotopic (exact) mass is 233 g/mol. The molecule has 2 heteroatoms. The Kier molecular flexibility index (Phi) is 4.57. The summed E-state index contributed by atoms with van der Waals surface area (Å²) in [6, 6.07) is 6.72. The Morgan fingerprint density at radius 2 is 2.00 bits per heavy atom. The highest BCUT2D eigenvalue weighted by Gasteiger charge is 2.12. The van der Waals surface area contributed by atoms with Crippen molar-refractivity contribution in [3.63, 3.8) is 0 Å². The van der Waals surface area contributed by atoms with Gasteiger partial charge in [-0.05, 0) is 49.4 Å². The van der Waals surface area contributed by atoms with Gasteiger partial charge < -0.3 is 5.11 Å². The minimum Gasteiger partial charge on any atom is -0.395 e. The van der Waals surface area contributed by atoms with E-state index in [4.69, 9.17) is 5.11 Å². The molecule has 1 N–H and O–H groups in total. The van der Waals surface area contributed by atoms with E-state index in [0.717, 1.165) is 13.1 Å². The Bertz CT molecular complexity index is 362. The second kappa shape index (κ2) is 6.18. The number of aliphatic hydroxyl groups is 1. The second-order valence-electron chi connectivity index (χ2n) is 5.08. The van der Waals surface area contributed by atoms with Gasteiger partial charge in [0.15, 0.2) is 0 Å². The molecular formula is C15H23NO. The summed E-state index contributed by atoms with van der Waals surface area (Å²) >= 11 is 0. The molecule has 1 aromatic rings. The van der Waals surface area contributed by atoms with Crippen LogP contribution in [0.4, 0.5) is 0 Å². The van der Waals surface area contributed by atoms with Gasteiger partial charge in [-0.25, -0.2) is 0 Å². The van der Waals surface area contributed by atoms with Crippen molar-refractivity contribution in [1.29, 1.82) is 0 Å². The molecule has 0 fully saturated rings. The maximum Gasteiger partial charge on any atom is 0.0558 e. The van der Waals surface area contributed by atoms with Crippen LogP contribution in [0, 0.1) is 0 Å². The molecule has 0 aromatic heterocycles. The lowest BCUT2D eigenvalue weighted by atomic mass is 9.97. The van der Waals surface area contributed by atoms with Crippen LogP contribution in [0.3, 0.4) is 0 Å². The van der Waals surface area contributed by atoms with E-state index in [2.05, 4.69) is 30.1 Å². The van der Waals surface area contributed by atoms with Crippen molar-refractivity contribution in [2.24, 2.45) is 0 Å². The van der Waals surface area contributed by atoms with E-state index in [0.29, 0.717) is 0 Å². The number of rotatable bonds is 4. The van der Waals surface area contributed by atoms with Gasteiger partial charge >= 0.3 is 0 Å². The maximum atomic E-state index is 8.96. The maximum absolute atomic E-state index is 8.96. The molecule has 0 heterocycles. The summed E-state index contributed by atoms with van der Waals surface area (Å²) in [5, 5.41) is 8.96. The molecular weight excluding hydrogens is 210 g/mol. The van der Waals surface area contributed by atoms with Gasteiger partial charge in [-0.1, -0.05) is 24.6 Å². The number of hydrogen-bond acceptors (Lipinski definition) is 2. The molecule has 0 atom stereocenters. The highest BCUT2D eigenvalue weighted by Crippen LogP contribution is 2.24. The number of aliphatic hydroxyl groups excluding tert-OH is 1. The largest absolute Gasteiger partial charge is 0.395 e. The Balaban J connectivity index is 2.16. The second-order valence-corrected chi connectivity index (χ2v) is 5.08. The van der Waals surface area contributed by atoms with E-state index < -0.39 is 0 Å². The van der Waals surface area contributed by atoms with Crippen LogP contribution < -0.4 is 0 Å². The van der Waals surface area contributed by atoms with Crippen molar-refractivity contribution >= 4 is 0 Å². The van der Waals surface area contributed by atoms with Crippen molar-refractivity contribution < 1.29 is 5.11 Å². The van der Waals surface area contributed by atoms with E-state index in [9.17, 15) is 0 Å². The Labute approximate surface area is 104 Å². The number of hydrogen-bond donors (Lipinski definition) is 1. The third kappa shape index (κ3) is 3.30. The molecule has 2 nitrogen and oxygen atoms in total. The number of likely N-dealkylation sites (N-methyl/N-ethyl adjacent to an activating group) is 1. The van der Waals surface area contributed by atoms with Gasteiger partial charge in [0.2, 0.25) is 0 Å². The summed E-state index contributed by atoms with van der Waals surface area (Å²) in [5.74, 6) is 0. The van der Waals surface area contributed by atoms with Gasteiger partial charge in [-0.15, -0.1) is 0 Å². The number of aryl methyl sites for hydroxylation is 1. The predicted molar refractivity (Wildman–Crippen MR) is 71.1 cm³/mol. The van der Waals surface area contributed by atoms with Gasteiger partial charge in [0.05, 0.1) is 6.61 Å². The highest BCUT2D eigenvalue weighted by molar-refractivity contribution is 5.36. The Hall–Kier alpha value is -0.860. The van der Waals surface area contributed by atoms with Crippen LogP contribution in [0.25, 0.3) is 0 Å². The minimum atomic E-state index is 0.242. The fourth-order valence-corrected chi connectivity index (χ4v) is 2.73. The molecule has 1 aliphatic rings. The summed E-state index contributed by atoms with van der Waals surface area (Å²) in [6.07, 6.45) is 6.50. The Morgan fingerprint density at radius 1 is 1.18 bits per heavy atom. The zero-order chi connectivity index (χ0) is 12.1. The third-order valence-electron chi connectivity index (χ3n) is 3.66. The van der Waals surface area contributed by atoms with E-state index in [-0.39, 0.29) is 6.61 Å². The number of fused-ring (bicyclic) bond motifs is 1. The van der Waals surface area contributed by atoms with Crippen molar-refractivity contribution in [3.05, 3.63) is 34.9 Å². The molecule has 0 saturated carbocycles. The molecule has 0 unspecified atom stereocenters. The van der Waals surface area contributed by atoms with E-state index in [1.54, 1.807) is 11.1 Å². The van der Waals surface area contributed by atoms with Crippen molar-refractivity contribution in [3.8, 4) is 0 Å². The quantitative estimate of drug-likeness (QED) is 0.807. The predicted octanol–water partition coefficient (Wildman–Crippen LogP) is 2.38. The Morgan fingerprint density at radius 3 is 2.82 bits per heavy atom. The SMILES string of the molecule is CN(CCO)Cc1cccc2c1CCCCC2. The normalized spacial score (nSPS) is 15.7. The molecule has 94 valence electrons. The molecule has 0 amide bonds. The molecule has 1 aliphatic carbocycles. The van der Waals surface area contributed by atoms with Crippen LogP contribution in [-0.2, 0) is 19.4 Å². The molecule has 0 saturated heterocycles. The van der Waals surface area contributed by atoms with Gasteiger partial charge in [0.1, 0.15) is 0 Å². The van der Waals surface area contributed by atoms with E-state index >= 15 is 0 Å². The van der Waals surface area contributed by atoms with E-state index in [1.807, 2.05) is 0 Å². The van der Waals surface area contributed by atoms with Crippen LogP contribution in [-0.4, -0.2) is 30.2 Å². The summed E-state index contributed by atoms with van der Waals surface area (Å²) in [6.45, 7) is 1.96. The van der Waals surface area contributed by atoms with Crippen molar-refractivity contribution in [2.45, 2.75) is 38.6 Å². The average Bonchev–Trinajstić information content (AvgIpc) is 2.55. The topological polar surface area (TPSA) is 23.5 Å².